The minimum absolute atomic E-state index is 0.328. The second-order valence-corrected chi connectivity index (χ2v) is 9.53. The zero-order chi connectivity index (χ0) is 28.9. The number of carbonyl (C=O) groups is 1. The number of nitrogens with one attached hydrogen (secondary N) is 2. The number of fused-ring (bicyclic) bond motifs is 1. The first-order chi connectivity index (χ1) is 19.9. The summed E-state index contributed by atoms with van der Waals surface area (Å²) in [5.41, 5.74) is 4.60. The molecule has 1 aliphatic heterocycles. The van der Waals surface area contributed by atoms with E-state index in [1.165, 1.54) is 11.9 Å². The topological polar surface area (TPSA) is 109 Å². The fourth-order valence-electron chi connectivity index (χ4n) is 4.84. The molecule has 0 saturated heterocycles. The molecule has 2 heterocycles. The summed E-state index contributed by atoms with van der Waals surface area (Å²) in [5.74, 6) is 2.48. The summed E-state index contributed by atoms with van der Waals surface area (Å²) in [7, 11) is 3.12. The predicted molar refractivity (Wildman–Crippen MR) is 156 cm³/mol. The van der Waals surface area contributed by atoms with Gasteiger partial charge in [-0.3, -0.25) is 4.79 Å². The Hall–Kier alpha value is -4.99. The van der Waals surface area contributed by atoms with Crippen molar-refractivity contribution in [3.63, 3.8) is 0 Å². The van der Waals surface area contributed by atoms with E-state index in [0.717, 1.165) is 11.1 Å². The molecule has 1 atom stereocenters. The summed E-state index contributed by atoms with van der Waals surface area (Å²) in [4.78, 5) is 18.2. The third-order valence-corrected chi connectivity index (χ3v) is 6.75. The molecule has 10 heteroatoms. The maximum atomic E-state index is 13.9. The number of ether oxygens (including phenoxy) is 4. The van der Waals surface area contributed by atoms with Gasteiger partial charge in [-0.15, -0.1) is 0 Å². The highest BCUT2D eigenvalue weighted by molar-refractivity contribution is 6.06. The van der Waals surface area contributed by atoms with Gasteiger partial charge in [0.05, 0.1) is 32.1 Å². The molecule has 212 valence electrons. The molecule has 1 amide bonds. The van der Waals surface area contributed by atoms with Crippen LogP contribution < -0.4 is 29.6 Å². The fraction of sp³-hybridized carbons (Fsp3) is 0.258. The maximum Gasteiger partial charge on any atom is 0.255 e. The molecule has 3 aromatic carbocycles. The van der Waals surface area contributed by atoms with Crippen LogP contribution in [0.2, 0.25) is 0 Å². The van der Waals surface area contributed by atoms with E-state index in [9.17, 15) is 4.79 Å². The van der Waals surface area contributed by atoms with Crippen LogP contribution in [0.3, 0.4) is 0 Å². The molecule has 1 aromatic heterocycles. The average Bonchev–Trinajstić information content (AvgIpc) is 3.44. The normalized spacial score (nSPS) is 14.1. The first kappa shape index (κ1) is 27.6. The van der Waals surface area contributed by atoms with Crippen LogP contribution in [0.4, 0.5) is 11.6 Å². The van der Waals surface area contributed by atoms with E-state index < -0.39 is 6.04 Å². The summed E-state index contributed by atoms with van der Waals surface area (Å²) in [6, 6.07) is 18.5. The lowest BCUT2D eigenvalue weighted by molar-refractivity contribution is -0.113. The molecule has 2 N–H and O–H groups in total. The molecule has 4 aromatic rings. The first-order valence-corrected chi connectivity index (χ1v) is 13.3. The van der Waals surface area contributed by atoms with Crippen LogP contribution in [0.25, 0.3) is 0 Å². The van der Waals surface area contributed by atoms with E-state index in [2.05, 4.69) is 39.8 Å². The number of methoxy groups -OCH3 is 2. The smallest absolute Gasteiger partial charge is 0.255 e. The van der Waals surface area contributed by atoms with Crippen LogP contribution in [0, 0.1) is 6.92 Å². The van der Waals surface area contributed by atoms with E-state index in [1.54, 1.807) is 37.1 Å². The molecule has 0 saturated carbocycles. The second kappa shape index (κ2) is 12.0. The number of hydrogen-bond donors (Lipinski definition) is 2. The van der Waals surface area contributed by atoms with Crippen LogP contribution in [0.15, 0.2) is 78.3 Å². The van der Waals surface area contributed by atoms with E-state index in [-0.39, 0.29) is 5.91 Å². The highest BCUT2D eigenvalue weighted by atomic mass is 16.5. The number of amides is 1. The van der Waals surface area contributed by atoms with Crippen molar-refractivity contribution in [2.75, 3.05) is 31.5 Å². The number of nitrogens with zero attached hydrogens (tertiary/aromatic N) is 3. The Bertz CT molecular complexity index is 1600. The van der Waals surface area contributed by atoms with Crippen molar-refractivity contribution in [1.82, 2.24) is 14.8 Å². The molecular formula is C31H33N5O5. The number of anilines is 2. The van der Waals surface area contributed by atoms with Crippen molar-refractivity contribution in [3.05, 3.63) is 95.0 Å². The van der Waals surface area contributed by atoms with Crippen molar-refractivity contribution >= 4 is 17.5 Å². The first-order valence-electron chi connectivity index (χ1n) is 13.3. The van der Waals surface area contributed by atoms with Crippen molar-refractivity contribution in [2.24, 2.45) is 0 Å². The largest absolute Gasteiger partial charge is 0.497 e. The standard InChI is InChI=1S/C31H33N5O5/c1-6-40-27-15-22(10-12-26(27)41-17-21-9-7-8-19(2)14-21)29-28(20(3)34-31-32-18-33-36(29)31)30(37)35-24-16-23(38-4)11-13-25(24)39-5/h7-16,18,29H,6,17H2,1-5H3,(H,35,37)(H,32,33,34)/t29-/m0/s1. The molecule has 0 aliphatic carbocycles. The van der Waals surface area contributed by atoms with E-state index in [4.69, 9.17) is 18.9 Å². The lowest BCUT2D eigenvalue weighted by Gasteiger charge is -2.29. The quantitative estimate of drug-likeness (QED) is 0.264. The molecule has 5 rings (SSSR count). The highest BCUT2D eigenvalue weighted by Crippen LogP contribution is 2.40. The van der Waals surface area contributed by atoms with Gasteiger partial charge in [-0.1, -0.05) is 35.9 Å². The molecule has 0 unspecified atom stereocenters. The van der Waals surface area contributed by atoms with Crippen molar-refractivity contribution in [2.45, 2.75) is 33.4 Å². The molecule has 10 nitrogen and oxygen atoms in total. The van der Waals surface area contributed by atoms with Crippen LogP contribution in [-0.2, 0) is 11.4 Å². The van der Waals surface area contributed by atoms with Gasteiger partial charge in [0.15, 0.2) is 11.5 Å². The highest BCUT2D eigenvalue weighted by Gasteiger charge is 2.34. The third kappa shape index (κ3) is 5.81. The Morgan fingerprint density at radius 3 is 2.56 bits per heavy atom. The summed E-state index contributed by atoms with van der Waals surface area (Å²) >= 11 is 0. The van der Waals surface area contributed by atoms with Gasteiger partial charge in [0, 0.05) is 11.8 Å². The number of benzene rings is 3. The van der Waals surface area contributed by atoms with Gasteiger partial charge < -0.3 is 29.6 Å². The summed E-state index contributed by atoms with van der Waals surface area (Å²) < 4.78 is 24.7. The zero-order valence-corrected chi connectivity index (χ0v) is 23.7. The molecule has 0 radical (unpaired) electrons. The van der Waals surface area contributed by atoms with Gasteiger partial charge in [0.2, 0.25) is 5.95 Å². The molecular weight excluding hydrogens is 522 g/mol. The Balaban J connectivity index is 1.50. The van der Waals surface area contributed by atoms with E-state index >= 15 is 0 Å². The number of aryl methyl sites for hydroxylation is 1. The van der Waals surface area contributed by atoms with Crippen molar-refractivity contribution < 1.29 is 23.7 Å². The minimum atomic E-state index is -0.588. The lowest BCUT2D eigenvalue weighted by atomic mass is 9.94. The molecule has 41 heavy (non-hydrogen) atoms. The number of hydrogen-bond acceptors (Lipinski definition) is 8. The summed E-state index contributed by atoms with van der Waals surface area (Å²) in [5, 5.41) is 10.6. The predicted octanol–water partition coefficient (Wildman–Crippen LogP) is 5.51. The molecule has 0 fully saturated rings. The van der Waals surface area contributed by atoms with Crippen LogP contribution in [-0.4, -0.2) is 41.5 Å². The van der Waals surface area contributed by atoms with Crippen LogP contribution >= 0.6 is 0 Å². The second-order valence-electron chi connectivity index (χ2n) is 9.53. The van der Waals surface area contributed by atoms with Gasteiger partial charge in [-0.05, 0) is 56.2 Å². The third-order valence-electron chi connectivity index (χ3n) is 6.75. The Morgan fingerprint density at radius 1 is 0.976 bits per heavy atom. The van der Waals surface area contributed by atoms with Gasteiger partial charge in [-0.2, -0.15) is 10.1 Å². The number of rotatable bonds is 10. The average molecular weight is 556 g/mol. The van der Waals surface area contributed by atoms with E-state index in [1.807, 2.05) is 44.2 Å². The fourth-order valence-corrected chi connectivity index (χ4v) is 4.84. The number of aromatic nitrogens is 3. The summed E-state index contributed by atoms with van der Waals surface area (Å²) in [6.45, 7) is 6.65. The van der Waals surface area contributed by atoms with Crippen molar-refractivity contribution in [3.8, 4) is 23.0 Å². The molecule has 1 aliphatic rings. The number of allylic oxidation sites excluding steroid dienone is 1. The van der Waals surface area contributed by atoms with Gasteiger partial charge in [0.1, 0.15) is 30.5 Å². The monoisotopic (exact) mass is 555 g/mol. The van der Waals surface area contributed by atoms with Gasteiger partial charge in [0.25, 0.3) is 5.91 Å². The molecule has 0 spiro atoms. The lowest BCUT2D eigenvalue weighted by Crippen LogP contribution is -2.31. The SMILES string of the molecule is CCOc1cc([C@H]2C(C(=O)Nc3cc(OC)ccc3OC)=C(C)Nc3ncnn32)ccc1OCc1cccc(C)c1. The molecule has 0 bridgehead atoms. The Labute approximate surface area is 238 Å². The maximum absolute atomic E-state index is 13.9. The van der Waals surface area contributed by atoms with E-state index in [0.29, 0.717) is 59.1 Å². The van der Waals surface area contributed by atoms with Gasteiger partial charge in [-0.25, -0.2) is 4.68 Å². The Kier molecular flexibility index (Phi) is 8.09. The number of carbonyl (C=O) groups excluding carboxylic acids is 1. The van der Waals surface area contributed by atoms with Gasteiger partial charge >= 0.3 is 0 Å². The zero-order valence-electron chi connectivity index (χ0n) is 23.7. The van der Waals surface area contributed by atoms with Crippen LogP contribution in [0.5, 0.6) is 23.0 Å². The van der Waals surface area contributed by atoms with Crippen LogP contribution in [0.1, 0.15) is 36.6 Å². The summed E-state index contributed by atoms with van der Waals surface area (Å²) in [6.07, 6.45) is 1.46. The Morgan fingerprint density at radius 2 is 1.80 bits per heavy atom. The minimum Gasteiger partial charge on any atom is -0.497 e. The van der Waals surface area contributed by atoms with Crippen molar-refractivity contribution in [1.29, 1.82) is 0 Å².